The van der Waals surface area contributed by atoms with Crippen LogP contribution in [0.1, 0.15) is 5.56 Å². The van der Waals surface area contributed by atoms with Crippen molar-refractivity contribution in [3.05, 3.63) is 42.0 Å². The van der Waals surface area contributed by atoms with E-state index in [-0.39, 0.29) is 0 Å². The Morgan fingerprint density at radius 3 is 2.44 bits per heavy atom. The first kappa shape index (κ1) is 18.5. The van der Waals surface area contributed by atoms with E-state index in [0.717, 1.165) is 22.9 Å². The van der Waals surface area contributed by atoms with Crippen molar-refractivity contribution < 1.29 is 21.6 Å². The molecule has 0 radical (unpaired) electrons. The molecule has 134 valence electrons. The van der Waals surface area contributed by atoms with Gasteiger partial charge in [-0.2, -0.15) is 8.78 Å². The average Bonchev–Trinajstić information content (AvgIpc) is 3.26. The zero-order valence-electron chi connectivity index (χ0n) is 12.6. The van der Waals surface area contributed by atoms with Gasteiger partial charge in [0.15, 0.2) is 5.54 Å². The van der Waals surface area contributed by atoms with Gasteiger partial charge in [0, 0.05) is 18.5 Å². The predicted molar refractivity (Wildman–Crippen MR) is 93.4 cm³/mol. The molecule has 4 nitrogen and oxygen atoms in total. The van der Waals surface area contributed by atoms with Gasteiger partial charge in [-0.3, -0.25) is 9.98 Å². The second kappa shape index (κ2) is 6.44. The molecule has 2 aliphatic heterocycles. The highest BCUT2D eigenvalue weighted by Crippen LogP contribution is 2.40. The van der Waals surface area contributed by atoms with E-state index >= 15 is 0 Å². The largest absolute Gasteiger partial charge is 0.393 e. The van der Waals surface area contributed by atoms with E-state index in [9.17, 15) is 21.6 Å². The van der Waals surface area contributed by atoms with Gasteiger partial charge in [-0.25, -0.2) is 12.8 Å². The first-order valence-electron chi connectivity index (χ1n) is 7.14. The summed E-state index contributed by atoms with van der Waals surface area (Å²) in [6.07, 6.45) is 5.14. The zero-order chi connectivity index (χ0) is 18.3. The number of sulfone groups is 1. The van der Waals surface area contributed by atoms with Crippen LogP contribution in [-0.4, -0.2) is 42.9 Å². The summed E-state index contributed by atoms with van der Waals surface area (Å²) >= 11 is 6.24. The van der Waals surface area contributed by atoms with Gasteiger partial charge in [-0.15, -0.1) is 11.8 Å². The lowest BCUT2D eigenvalue weighted by atomic mass is 9.92. The molecular weight excluding hydrogens is 397 g/mol. The monoisotopic (exact) mass is 408 g/mol. The molecule has 3 rings (SSSR count). The quantitative estimate of drug-likeness (QED) is 0.700. The number of rotatable bonds is 5. The summed E-state index contributed by atoms with van der Waals surface area (Å²) in [6, 6.07) is 4.75. The molecule has 0 bridgehead atoms. The molecule has 0 spiro atoms. The van der Waals surface area contributed by atoms with Crippen molar-refractivity contribution in [1.29, 1.82) is 0 Å². The minimum Gasteiger partial charge on any atom is -0.279 e. The highest BCUT2D eigenvalue weighted by Gasteiger charge is 2.53. The number of halogens is 4. The SMILES string of the molecule is O=S(=O)(c1ccc(C2(C3=NCCS3)C=CC=N2)cc1)C(F)(F)C(F)Cl. The van der Waals surface area contributed by atoms with Crippen molar-refractivity contribution in [1.82, 2.24) is 0 Å². The molecule has 2 atom stereocenters. The molecule has 0 saturated carbocycles. The second-order valence-corrected chi connectivity index (χ2v) is 8.82. The fraction of sp³-hybridized carbons (Fsp3) is 0.333. The van der Waals surface area contributed by atoms with Gasteiger partial charge in [0.1, 0.15) is 5.04 Å². The number of aliphatic imine (C=N–C) groups is 2. The van der Waals surface area contributed by atoms with Gasteiger partial charge in [0.2, 0.25) is 9.84 Å². The number of hydrogen-bond acceptors (Lipinski definition) is 5. The van der Waals surface area contributed by atoms with Gasteiger partial charge in [0.05, 0.1) is 4.90 Å². The van der Waals surface area contributed by atoms with Crippen LogP contribution in [0.3, 0.4) is 0 Å². The number of thioether (sulfide) groups is 1. The minimum atomic E-state index is -5.25. The predicted octanol–water partition coefficient (Wildman–Crippen LogP) is 3.57. The Labute approximate surface area is 151 Å². The smallest absolute Gasteiger partial charge is 0.279 e. The van der Waals surface area contributed by atoms with Crippen LogP contribution in [0.2, 0.25) is 0 Å². The highest BCUT2D eigenvalue weighted by atomic mass is 35.5. The summed E-state index contributed by atoms with van der Waals surface area (Å²) < 4.78 is 63.8. The van der Waals surface area contributed by atoms with Gasteiger partial charge in [-0.1, -0.05) is 23.7 Å². The molecule has 0 aromatic heterocycles. The van der Waals surface area contributed by atoms with Crippen LogP contribution in [0.25, 0.3) is 0 Å². The summed E-state index contributed by atoms with van der Waals surface area (Å²) in [7, 11) is -5.25. The van der Waals surface area contributed by atoms with E-state index in [1.807, 2.05) is 0 Å². The Hall–Kier alpha value is -1.32. The van der Waals surface area contributed by atoms with E-state index < -0.39 is 31.2 Å². The van der Waals surface area contributed by atoms with Crippen molar-refractivity contribution in [2.75, 3.05) is 12.3 Å². The van der Waals surface area contributed by atoms with E-state index in [2.05, 4.69) is 9.98 Å². The van der Waals surface area contributed by atoms with E-state index in [4.69, 9.17) is 11.6 Å². The number of nitrogens with zero attached hydrogens (tertiary/aromatic N) is 2. The number of allylic oxidation sites excluding steroid dienone is 1. The Morgan fingerprint density at radius 1 is 1.28 bits per heavy atom. The first-order chi connectivity index (χ1) is 11.7. The summed E-state index contributed by atoms with van der Waals surface area (Å²) in [4.78, 5) is 8.12. The standard InChI is InChI=1S/C15H12ClF3N2O2S2/c16-12(17)15(18,19)25(22,23)11-4-2-10(3-5-11)14(6-1-7-21-14)13-20-8-9-24-13/h1-7,12H,8-9H2. The van der Waals surface area contributed by atoms with Crippen LogP contribution in [0.5, 0.6) is 0 Å². The van der Waals surface area contributed by atoms with Gasteiger partial charge in [-0.05, 0) is 29.8 Å². The number of hydrogen-bond donors (Lipinski definition) is 0. The van der Waals surface area contributed by atoms with E-state index in [0.29, 0.717) is 12.1 Å². The van der Waals surface area contributed by atoms with Crippen molar-refractivity contribution in [2.24, 2.45) is 9.98 Å². The lowest BCUT2D eigenvalue weighted by Crippen LogP contribution is -2.36. The zero-order valence-corrected chi connectivity index (χ0v) is 15.0. The molecule has 1 aromatic carbocycles. The maximum atomic E-state index is 13.6. The number of benzene rings is 1. The van der Waals surface area contributed by atoms with Crippen molar-refractivity contribution >= 4 is 44.5 Å². The van der Waals surface area contributed by atoms with Crippen LogP contribution in [0, 0.1) is 0 Å². The molecule has 2 unspecified atom stereocenters. The number of alkyl halides is 4. The topological polar surface area (TPSA) is 58.9 Å². The van der Waals surface area contributed by atoms with Crippen LogP contribution in [0.4, 0.5) is 13.2 Å². The maximum Gasteiger partial charge on any atom is 0.393 e. The third-order valence-electron chi connectivity index (χ3n) is 3.83. The molecule has 10 heteroatoms. The van der Waals surface area contributed by atoms with Crippen molar-refractivity contribution in [3.8, 4) is 0 Å². The molecule has 25 heavy (non-hydrogen) atoms. The van der Waals surface area contributed by atoms with E-state index in [1.54, 1.807) is 18.4 Å². The summed E-state index contributed by atoms with van der Waals surface area (Å²) in [5.74, 6) is 0.812. The fourth-order valence-corrected chi connectivity index (χ4v) is 4.95. The molecule has 0 fully saturated rings. The Morgan fingerprint density at radius 2 is 1.96 bits per heavy atom. The second-order valence-electron chi connectivity index (χ2n) is 5.33. The highest BCUT2D eigenvalue weighted by molar-refractivity contribution is 8.14. The van der Waals surface area contributed by atoms with Crippen LogP contribution in [0.15, 0.2) is 51.3 Å². The molecule has 0 N–H and O–H groups in total. The lowest BCUT2D eigenvalue weighted by molar-refractivity contribution is 0.0423. The third-order valence-corrected chi connectivity index (χ3v) is 7.15. The van der Waals surface area contributed by atoms with Gasteiger partial charge >= 0.3 is 5.25 Å². The molecule has 0 saturated heterocycles. The summed E-state index contributed by atoms with van der Waals surface area (Å²) in [6.45, 7) is 0.650. The first-order valence-corrected chi connectivity index (χ1v) is 10.0. The van der Waals surface area contributed by atoms with Crippen LogP contribution < -0.4 is 0 Å². The summed E-state index contributed by atoms with van der Waals surface area (Å²) in [5, 5.41) is -3.96. The Bertz CT molecular complexity index is 853. The minimum absolute atomic E-state index is 0.579. The third kappa shape index (κ3) is 2.92. The van der Waals surface area contributed by atoms with Crippen molar-refractivity contribution in [3.63, 3.8) is 0 Å². The van der Waals surface area contributed by atoms with Crippen LogP contribution in [-0.2, 0) is 15.4 Å². The Balaban J connectivity index is 2.01. The van der Waals surface area contributed by atoms with Gasteiger partial charge in [0.25, 0.3) is 5.63 Å². The molecule has 0 amide bonds. The molecule has 1 aromatic rings. The molecule has 2 heterocycles. The molecular formula is C15H12ClF3N2O2S2. The Kier molecular flexibility index (Phi) is 4.76. The lowest BCUT2D eigenvalue weighted by Gasteiger charge is -2.25. The fourth-order valence-electron chi connectivity index (χ4n) is 2.53. The van der Waals surface area contributed by atoms with Gasteiger partial charge < -0.3 is 0 Å². The maximum absolute atomic E-state index is 13.6. The molecule has 2 aliphatic rings. The van der Waals surface area contributed by atoms with E-state index in [1.165, 1.54) is 23.9 Å². The molecule has 0 aliphatic carbocycles. The van der Waals surface area contributed by atoms with Crippen molar-refractivity contribution in [2.45, 2.75) is 21.3 Å². The summed E-state index contributed by atoms with van der Waals surface area (Å²) in [5.41, 5.74) is -3.63. The average molecular weight is 409 g/mol. The normalized spacial score (nSPS) is 24.6. The van der Waals surface area contributed by atoms with Crippen LogP contribution >= 0.6 is 23.4 Å².